The Hall–Kier alpha value is -1.65. The Morgan fingerprint density at radius 3 is 2.64 bits per heavy atom. The van der Waals surface area contributed by atoms with E-state index in [0.29, 0.717) is 5.95 Å². The summed E-state index contributed by atoms with van der Waals surface area (Å²) in [6.45, 7) is 5.62. The third-order valence-electron chi connectivity index (χ3n) is 1.94. The van der Waals surface area contributed by atoms with Gasteiger partial charge in [-0.1, -0.05) is 0 Å². The summed E-state index contributed by atoms with van der Waals surface area (Å²) in [5.74, 6) is 0.0205. The molecule has 0 atom stereocenters. The summed E-state index contributed by atoms with van der Waals surface area (Å²) in [4.78, 5) is 20.9. The fraction of sp³-hybridized carbons (Fsp3) is 0.444. The van der Waals surface area contributed by atoms with Gasteiger partial charge in [0.25, 0.3) is 5.91 Å². The minimum Gasteiger partial charge on any atom is -0.364 e. The minimum absolute atomic E-state index is 0.252. The zero-order chi connectivity index (χ0) is 10.6. The summed E-state index contributed by atoms with van der Waals surface area (Å²) in [7, 11) is 0. The van der Waals surface area contributed by atoms with E-state index in [1.54, 1.807) is 6.20 Å². The molecule has 5 heteroatoms. The van der Waals surface area contributed by atoms with Crippen molar-refractivity contribution in [2.45, 2.75) is 13.8 Å². The number of nitrogens with zero attached hydrogens (tertiary/aromatic N) is 3. The van der Waals surface area contributed by atoms with Crippen LogP contribution in [0, 0.1) is 0 Å². The number of hydrogen-bond donors (Lipinski definition) is 1. The Kier molecular flexibility index (Phi) is 3.39. The van der Waals surface area contributed by atoms with Gasteiger partial charge in [0.15, 0.2) is 0 Å². The molecule has 76 valence electrons. The number of carbonyl (C=O) groups is 1. The van der Waals surface area contributed by atoms with Crippen molar-refractivity contribution in [2.24, 2.45) is 5.73 Å². The van der Waals surface area contributed by atoms with Crippen molar-refractivity contribution < 1.29 is 4.79 Å². The number of primary amides is 1. The highest BCUT2D eigenvalue weighted by Crippen LogP contribution is 2.06. The fourth-order valence-electron chi connectivity index (χ4n) is 1.14. The molecular weight excluding hydrogens is 180 g/mol. The smallest absolute Gasteiger partial charge is 0.267 e. The van der Waals surface area contributed by atoms with Gasteiger partial charge in [-0.15, -0.1) is 0 Å². The Balaban J connectivity index is 2.98. The molecule has 14 heavy (non-hydrogen) atoms. The van der Waals surface area contributed by atoms with Crippen molar-refractivity contribution in [1.29, 1.82) is 0 Å². The number of amides is 1. The lowest BCUT2D eigenvalue weighted by atomic mass is 10.4. The molecule has 0 bridgehead atoms. The van der Waals surface area contributed by atoms with Gasteiger partial charge in [0.05, 0.1) is 0 Å². The average molecular weight is 194 g/mol. The average Bonchev–Trinajstić information content (AvgIpc) is 2.20. The molecule has 0 unspecified atom stereocenters. The predicted molar refractivity (Wildman–Crippen MR) is 54.1 cm³/mol. The lowest BCUT2D eigenvalue weighted by molar-refractivity contribution is 0.0995. The molecule has 0 saturated heterocycles. The van der Waals surface area contributed by atoms with Crippen LogP contribution in [0.3, 0.4) is 0 Å². The molecule has 1 amide bonds. The number of aromatic nitrogens is 2. The Morgan fingerprint density at radius 2 is 2.14 bits per heavy atom. The van der Waals surface area contributed by atoms with E-state index in [4.69, 9.17) is 5.73 Å². The first-order valence-electron chi connectivity index (χ1n) is 4.56. The summed E-state index contributed by atoms with van der Waals surface area (Å²) in [5, 5.41) is 0. The molecule has 0 aliphatic heterocycles. The second-order valence-electron chi connectivity index (χ2n) is 2.78. The standard InChI is InChI=1S/C9H14N4O/c1-3-13(4-2)9-11-6-5-7(12-9)8(10)14/h5-6H,3-4H2,1-2H3,(H2,10,14). The highest BCUT2D eigenvalue weighted by Gasteiger charge is 2.08. The summed E-state index contributed by atoms with van der Waals surface area (Å²) < 4.78 is 0. The summed E-state index contributed by atoms with van der Waals surface area (Å²) >= 11 is 0. The molecule has 1 aromatic rings. The second kappa shape index (κ2) is 4.55. The molecule has 0 saturated carbocycles. The van der Waals surface area contributed by atoms with Gasteiger partial charge in [0.2, 0.25) is 5.95 Å². The van der Waals surface area contributed by atoms with Crippen LogP contribution in [0.4, 0.5) is 5.95 Å². The van der Waals surface area contributed by atoms with Gasteiger partial charge >= 0.3 is 0 Å². The molecule has 0 aliphatic carbocycles. The number of rotatable bonds is 4. The first kappa shape index (κ1) is 10.4. The van der Waals surface area contributed by atoms with Gasteiger partial charge in [-0.2, -0.15) is 0 Å². The fourth-order valence-corrected chi connectivity index (χ4v) is 1.14. The monoisotopic (exact) mass is 194 g/mol. The van der Waals surface area contributed by atoms with E-state index in [-0.39, 0.29) is 5.69 Å². The number of carbonyl (C=O) groups excluding carboxylic acids is 1. The predicted octanol–water partition coefficient (Wildman–Crippen LogP) is 0.422. The van der Waals surface area contributed by atoms with Crippen LogP contribution >= 0.6 is 0 Å². The third kappa shape index (κ3) is 2.18. The summed E-state index contributed by atoms with van der Waals surface area (Å²) in [6, 6.07) is 1.51. The highest BCUT2D eigenvalue weighted by atomic mass is 16.1. The molecule has 5 nitrogen and oxygen atoms in total. The summed E-state index contributed by atoms with van der Waals surface area (Å²) in [5.41, 5.74) is 5.37. The molecule has 1 rings (SSSR count). The van der Waals surface area contributed by atoms with E-state index >= 15 is 0 Å². The largest absolute Gasteiger partial charge is 0.364 e. The van der Waals surface area contributed by atoms with Crippen LogP contribution in [0.5, 0.6) is 0 Å². The van der Waals surface area contributed by atoms with Crippen molar-refractivity contribution in [3.8, 4) is 0 Å². The highest BCUT2D eigenvalue weighted by molar-refractivity contribution is 5.90. The Labute approximate surface area is 83.0 Å². The number of hydrogen-bond acceptors (Lipinski definition) is 4. The van der Waals surface area contributed by atoms with E-state index < -0.39 is 5.91 Å². The van der Waals surface area contributed by atoms with Crippen molar-refractivity contribution >= 4 is 11.9 Å². The maximum Gasteiger partial charge on any atom is 0.267 e. The Bertz CT molecular complexity index is 322. The van der Waals surface area contributed by atoms with Gasteiger partial charge in [-0.05, 0) is 19.9 Å². The van der Waals surface area contributed by atoms with Crippen molar-refractivity contribution in [1.82, 2.24) is 9.97 Å². The normalized spacial score (nSPS) is 9.86. The topological polar surface area (TPSA) is 72.1 Å². The van der Waals surface area contributed by atoms with Crippen LogP contribution in [0.15, 0.2) is 12.3 Å². The lowest BCUT2D eigenvalue weighted by Gasteiger charge is -2.18. The Morgan fingerprint density at radius 1 is 1.50 bits per heavy atom. The van der Waals surface area contributed by atoms with Gasteiger partial charge in [-0.3, -0.25) is 4.79 Å². The van der Waals surface area contributed by atoms with Crippen LogP contribution in [0.2, 0.25) is 0 Å². The minimum atomic E-state index is -0.527. The zero-order valence-corrected chi connectivity index (χ0v) is 8.40. The van der Waals surface area contributed by atoms with Gasteiger partial charge in [-0.25, -0.2) is 9.97 Å². The first-order chi connectivity index (χ1) is 6.69. The van der Waals surface area contributed by atoms with Crippen molar-refractivity contribution in [3.63, 3.8) is 0 Å². The van der Waals surface area contributed by atoms with Crippen molar-refractivity contribution in [2.75, 3.05) is 18.0 Å². The zero-order valence-electron chi connectivity index (χ0n) is 8.40. The lowest BCUT2D eigenvalue weighted by Crippen LogP contribution is -2.25. The van der Waals surface area contributed by atoms with E-state index in [0.717, 1.165) is 13.1 Å². The molecule has 1 aromatic heterocycles. The number of anilines is 1. The molecule has 0 spiro atoms. The molecule has 0 radical (unpaired) electrons. The molecular formula is C9H14N4O. The number of nitrogens with two attached hydrogens (primary N) is 1. The van der Waals surface area contributed by atoms with Crippen LogP contribution in [-0.2, 0) is 0 Å². The van der Waals surface area contributed by atoms with Crippen LogP contribution in [-0.4, -0.2) is 29.0 Å². The van der Waals surface area contributed by atoms with E-state index in [1.165, 1.54) is 6.07 Å². The molecule has 2 N–H and O–H groups in total. The van der Waals surface area contributed by atoms with Crippen LogP contribution in [0.1, 0.15) is 24.3 Å². The maximum absolute atomic E-state index is 10.9. The van der Waals surface area contributed by atoms with E-state index in [9.17, 15) is 4.79 Å². The van der Waals surface area contributed by atoms with E-state index in [2.05, 4.69) is 9.97 Å². The third-order valence-corrected chi connectivity index (χ3v) is 1.94. The first-order valence-corrected chi connectivity index (χ1v) is 4.56. The quantitative estimate of drug-likeness (QED) is 0.754. The van der Waals surface area contributed by atoms with Gasteiger partial charge in [0, 0.05) is 19.3 Å². The molecule has 0 aliphatic rings. The van der Waals surface area contributed by atoms with Gasteiger partial charge < -0.3 is 10.6 Å². The van der Waals surface area contributed by atoms with Crippen molar-refractivity contribution in [3.05, 3.63) is 18.0 Å². The maximum atomic E-state index is 10.9. The molecule has 1 heterocycles. The SMILES string of the molecule is CCN(CC)c1nccc(C(N)=O)n1. The second-order valence-corrected chi connectivity index (χ2v) is 2.78. The van der Waals surface area contributed by atoms with Crippen LogP contribution in [0.25, 0.3) is 0 Å². The molecule has 0 aromatic carbocycles. The summed E-state index contributed by atoms with van der Waals surface area (Å²) in [6.07, 6.45) is 1.54. The van der Waals surface area contributed by atoms with E-state index in [1.807, 2.05) is 18.7 Å². The molecule has 0 fully saturated rings. The van der Waals surface area contributed by atoms with Gasteiger partial charge in [0.1, 0.15) is 5.69 Å². The van der Waals surface area contributed by atoms with Crippen LogP contribution < -0.4 is 10.6 Å².